The van der Waals surface area contributed by atoms with Gasteiger partial charge in [-0.1, -0.05) is 0 Å². The van der Waals surface area contributed by atoms with E-state index < -0.39 is 0 Å². The second-order valence-corrected chi connectivity index (χ2v) is 4.91. The molecular formula is C14H24N2O5. The predicted octanol–water partition coefficient (Wildman–Crippen LogP) is 0.0833. The minimum Gasteiger partial charge on any atom is -0.469 e. The molecule has 120 valence electrons. The van der Waals surface area contributed by atoms with E-state index in [0.29, 0.717) is 19.6 Å². The molecule has 0 spiro atoms. The number of carbonyl (C=O) groups excluding carboxylic acids is 3. The van der Waals surface area contributed by atoms with Crippen molar-refractivity contribution in [3.8, 4) is 0 Å². The van der Waals surface area contributed by atoms with Gasteiger partial charge in [-0.05, 0) is 32.7 Å². The molecule has 0 aromatic carbocycles. The van der Waals surface area contributed by atoms with Crippen LogP contribution >= 0.6 is 0 Å². The Bertz CT molecular complexity index is 372. The van der Waals surface area contributed by atoms with Crippen molar-refractivity contribution in [2.24, 2.45) is 0 Å². The first kappa shape index (κ1) is 17.4. The Morgan fingerprint density at radius 3 is 2.76 bits per heavy atom. The van der Waals surface area contributed by atoms with Crippen LogP contribution in [-0.4, -0.2) is 62.1 Å². The van der Waals surface area contributed by atoms with Crippen molar-refractivity contribution < 1.29 is 23.9 Å². The Balaban J connectivity index is 2.26. The van der Waals surface area contributed by atoms with Crippen molar-refractivity contribution in [1.29, 1.82) is 0 Å². The van der Waals surface area contributed by atoms with Crippen LogP contribution in [0.2, 0.25) is 0 Å². The molecule has 0 aromatic rings. The Kier molecular flexibility index (Phi) is 7.74. The van der Waals surface area contributed by atoms with Crippen molar-refractivity contribution >= 4 is 17.8 Å². The van der Waals surface area contributed by atoms with Crippen molar-refractivity contribution in [3.05, 3.63) is 0 Å². The summed E-state index contributed by atoms with van der Waals surface area (Å²) in [6.07, 6.45) is 2.44. The molecule has 1 rings (SSSR count). The third-order valence-corrected chi connectivity index (χ3v) is 3.38. The number of nitrogens with zero attached hydrogens (tertiary/aromatic N) is 1. The third kappa shape index (κ3) is 6.12. The number of likely N-dealkylation sites (tertiary alicyclic amines) is 1. The zero-order valence-electron chi connectivity index (χ0n) is 12.7. The molecule has 1 heterocycles. The SMILES string of the molecule is CCOC(=O)C1CCCN1CC(=O)NCCCC(=O)OC. The van der Waals surface area contributed by atoms with Gasteiger partial charge >= 0.3 is 11.9 Å². The van der Waals surface area contributed by atoms with Gasteiger partial charge in [0.1, 0.15) is 6.04 Å². The van der Waals surface area contributed by atoms with Crippen LogP contribution in [0, 0.1) is 0 Å². The number of methoxy groups -OCH3 is 1. The molecule has 7 nitrogen and oxygen atoms in total. The maximum Gasteiger partial charge on any atom is 0.323 e. The normalized spacial score (nSPS) is 18.3. The molecule has 0 saturated carbocycles. The molecule has 1 N–H and O–H groups in total. The Morgan fingerprint density at radius 1 is 1.33 bits per heavy atom. The molecule has 0 bridgehead atoms. The van der Waals surface area contributed by atoms with E-state index in [0.717, 1.165) is 19.4 Å². The van der Waals surface area contributed by atoms with Gasteiger partial charge in [-0.15, -0.1) is 0 Å². The fourth-order valence-corrected chi connectivity index (χ4v) is 2.32. The van der Waals surface area contributed by atoms with Crippen LogP contribution in [0.15, 0.2) is 0 Å². The quantitative estimate of drug-likeness (QED) is 0.505. The van der Waals surface area contributed by atoms with E-state index in [4.69, 9.17) is 4.74 Å². The van der Waals surface area contributed by atoms with Crippen LogP contribution in [0.3, 0.4) is 0 Å². The zero-order chi connectivity index (χ0) is 15.7. The van der Waals surface area contributed by atoms with Gasteiger partial charge < -0.3 is 14.8 Å². The highest BCUT2D eigenvalue weighted by atomic mass is 16.5. The smallest absolute Gasteiger partial charge is 0.323 e. The Labute approximate surface area is 124 Å². The number of hydrogen-bond acceptors (Lipinski definition) is 6. The summed E-state index contributed by atoms with van der Waals surface area (Å²) in [6.45, 7) is 3.45. The average Bonchev–Trinajstić information content (AvgIpc) is 2.91. The van der Waals surface area contributed by atoms with Gasteiger partial charge in [0, 0.05) is 13.0 Å². The number of ether oxygens (including phenoxy) is 2. The van der Waals surface area contributed by atoms with Crippen LogP contribution in [0.4, 0.5) is 0 Å². The highest BCUT2D eigenvalue weighted by Gasteiger charge is 2.32. The van der Waals surface area contributed by atoms with Crippen LogP contribution in [0.1, 0.15) is 32.6 Å². The molecular weight excluding hydrogens is 276 g/mol. The van der Waals surface area contributed by atoms with E-state index in [-0.39, 0.29) is 36.9 Å². The maximum absolute atomic E-state index is 11.8. The third-order valence-electron chi connectivity index (χ3n) is 3.38. The van der Waals surface area contributed by atoms with Crippen LogP contribution < -0.4 is 5.32 Å². The minimum absolute atomic E-state index is 0.143. The largest absolute Gasteiger partial charge is 0.469 e. The fraction of sp³-hybridized carbons (Fsp3) is 0.786. The number of nitrogens with one attached hydrogen (secondary N) is 1. The summed E-state index contributed by atoms with van der Waals surface area (Å²) in [5.74, 6) is -0.685. The summed E-state index contributed by atoms with van der Waals surface area (Å²) in [6, 6.07) is -0.314. The standard InChI is InChI=1S/C14H24N2O5/c1-3-21-14(19)11-6-5-9-16(11)10-12(17)15-8-4-7-13(18)20-2/h11H,3-10H2,1-2H3,(H,15,17). The predicted molar refractivity (Wildman–Crippen MR) is 75.5 cm³/mol. The van der Waals surface area contributed by atoms with E-state index in [2.05, 4.69) is 10.1 Å². The maximum atomic E-state index is 11.8. The summed E-state index contributed by atoms with van der Waals surface area (Å²) >= 11 is 0. The second kappa shape index (κ2) is 9.33. The van der Waals surface area contributed by atoms with E-state index in [1.54, 1.807) is 6.92 Å². The number of hydrogen-bond donors (Lipinski definition) is 1. The van der Waals surface area contributed by atoms with Crippen LogP contribution in [-0.2, 0) is 23.9 Å². The molecule has 0 aromatic heterocycles. The van der Waals surface area contributed by atoms with Crippen LogP contribution in [0.25, 0.3) is 0 Å². The Morgan fingerprint density at radius 2 is 2.10 bits per heavy atom. The molecule has 1 aliphatic rings. The molecule has 1 atom stereocenters. The van der Waals surface area contributed by atoms with Gasteiger partial charge in [0.05, 0.1) is 20.3 Å². The number of esters is 2. The first-order valence-corrected chi connectivity index (χ1v) is 7.32. The zero-order valence-corrected chi connectivity index (χ0v) is 12.7. The lowest BCUT2D eigenvalue weighted by Gasteiger charge is -2.22. The highest BCUT2D eigenvalue weighted by Crippen LogP contribution is 2.17. The van der Waals surface area contributed by atoms with Gasteiger partial charge in [0.25, 0.3) is 0 Å². The van der Waals surface area contributed by atoms with E-state index in [1.165, 1.54) is 7.11 Å². The number of amides is 1. The van der Waals surface area contributed by atoms with Crippen molar-refractivity contribution in [3.63, 3.8) is 0 Å². The topological polar surface area (TPSA) is 84.9 Å². The van der Waals surface area contributed by atoms with Crippen molar-refractivity contribution in [2.75, 3.05) is 33.4 Å². The number of carbonyl (C=O) groups is 3. The molecule has 21 heavy (non-hydrogen) atoms. The van der Waals surface area contributed by atoms with Gasteiger partial charge in [0.2, 0.25) is 5.91 Å². The first-order chi connectivity index (χ1) is 10.1. The van der Waals surface area contributed by atoms with Gasteiger partial charge in [-0.2, -0.15) is 0 Å². The molecule has 1 saturated heterocycles. The second-order valence-electron chi connectivity index (χ2n) is 4.91. The summed E-state index contributed by atoms with van der Waals surface area (Å²) in [5.41, 5.74) is 0. The van der Waals surface area contributed by atoms with E-state index in [9.17, 15) is 14.4 Å². The molecule has 0 aliphatic carbocycles. The summed E-state index contributed by atoms with van der Waals surface area (Å²) in [7, 11) is 1.34. The van der Waals surface area contributed by atoms with E-state index in [1.807, 2.05) is 4.90 Å². The van der Waals surface area contributed by atoms with Crippen LogP contribution in [0.5, 0.6) is 0 Å². The van der Waals surface area contributed by atoms with Gasteiger partial charge in [0.15, 0.2) is 0 Å². The monoisotopic (exact) mass is 300 g/mol. The van der Waals surface area contributed by atoms with Gasteiger partial charge in [-0.25, -0.2) is 0 Å². The molecule has 0 radical (unpaired) electrons. The lowest BCUT2D eigenvalue weighted by molar-refractivity contribution is -0.148. The van der Waals surface area contributed by atoms with E-state index >= 15 is 0 Å². The summed E-state index contributed by atoms with van der Waals surface area (Å²) in [5, 5.41) is 2.74. The molecule has 1 amide bonds. The lowest BCUT2D eigenvalue weighted by atomic mass is 10.2. The summed E-state index contributed by atoms with van der Waals surface area (Å²) < 4.78 is 9.53. The molecule has 1 fully saturated rings. The molecule has 7 heteroatoms. The van der Waals surface area contributed by atoms with Crippen molar-refractivity contribution in [2.45, 2.75) is 38.6 Å². The van der Waals surface area contributed by atoms with Gasteiger partial charge in [-0.3, -0.25) is 19.3 Å². The fourth-order valence-electron chi connectivity index (χ4n) is 2.32. The highest BCUT2D eigenvalue weighted by molar-refractivity contribution is 5.80. The minimum atomic E-state index is -0.314. The number of rotatable bonds is 8. The summed E-state index contributed by atoms with van der Waals surface area (Å²) in [4.78, 5) is 36.3. The lowest BCUT2D eigenvalue weighted by Crippen LogP contribution is -2.43. The first-order valence-electron chi connectivity index (χ1n) is 7.32. The molecule has 1 unspecified atom stereocenters. The average molecular weight is 300 g/mol. The molecule has 1 aliphatic heterocycles. The van der Waals surface area contributed by atoms with Crippen molar-refractivity contribution in [1.82, 2.24) is 10.2 Å². The Hall–Kier alpha value is -1.63.